The topological polar surface area (TPSA) is 72.3 Å². The number of carbonyl (C=O) groups excluding carboxylic acids is 1. The maximum absolute atomic E-state index is 13.5. The second kappa shape index (κ2) is 5.14. The molecule has 5 nitrogen and oxygen atoms in total. The Morgan fingerprint density at radius 1 is 1.23 bits per heavy atom. The van der Waals surface area contributed by atoms with Gasteiger partial charge >= 0.3 is 5.97 Å². The highest BCUT2D eigenvalue weighted by molar-refractivity contribution is 5.97. The van der Waals surface area contributed by atoms with Gasteiger partial charge in [-0.25, -0.2) is 9.18 Å². The molecule has 2 heterocycles. The van der Waals surface area contributed by atoms with E-state index in [0.717, 1.165) is 0 Å². The van der Waals surface area contributed by atoms with Gasteiger partial charge in [0.1, 0.15) is 11.6 Å². The molecule has 0 radical (unpaired) electrons. The van der Waals surface area contributed by atoms with E-state index in [9.17, 15) is 14.0 Å². The lowest BCUT2D eigenvalue weighted by atomic mass is 10.0. The van der Waals surface area contributed by atoms with Crippen molar-refractivity contribution in [3.05, 3.63) is 58.2 Å². The standard InChI is InChI=1S/C16H12FNO4/c1-8-11(6-14(22-8)16(20)21-2)13-7-18-15(19)10-4-3-9(17)5-12(10)13/h3-7H,1-2H3,(H,18,19). The maximum atomic E-state index is 13.5. The molecule has 2 aromatic heterocycles. The molecule has 0 amide bonds. The van der Waals surface area contributed by atoms with Crippen LogP contribution in [0.15, 0.2) is 39.7 Å². The predicted octanol–water partition coefficient (Wildman–Crippen LogP) is 3.02. The number of aryl methyl sites for hydroxylation is 1. The van der Waals surface area contributed by atoms with Crippen molar-refractivity contribution in [2.45, 2.75) is 6.92 Å². The van der Waals surface area contributed by atoms with Crippen LogP contribution in [0.3, 0.4) is 0 Å². The smallest absolute Gasteiger partial charge is 0.373 e. The van der Waals surface area contributed by atoms with Crippen molar-refractivity contribution in [2.75, 3.05) is 7.11 Å². The first-order valence-electron chi connectivity index (χ1n) is 6.51. The quantitative estimate of drug-likeness (QED) is 0.738. The Hall–Kier alpha value is -2.89. The fourth-order valence-electron chi connectivity index (χ4n) is 2.40. The Morgan fingerprint density at radius 3 is 2.73 bits per heavy atom. The molecule has 0 aliphatic rings. The monoisotopic (exact) mass is 301 g/mol. The summed E-state index contributed by atoms with van der Waals surface area (Å²) < 4.78 is 23.5. The first-order chi connectivity index (χ1) is 10.5. The van der Waals surface area contributed by atoms with E-state index in [1.165, 1.54) is 37.6 Å². The molecule has 1 N–H and O–H groups in total. The largest absolute Gasteiger partial charge is 0.463 e. The van der Waals surface area contributed by atoms with Gasteiger partial charge in [0.15, 0.2) is 0 Å². The van der Waals surface area contributed by atoms with Crippen molar-refractivity contribution in [3.63, 3.8) is 0 Å². The summed E-state index contributed by atoms with van der Waals surface area (Å²) >= 11 is 0. The van der Waals surface area contributed by atoms with Crippen LogP contribution < -0.4 is 5.56 Å². The van der Waals surface area contributed by atoms with Crippen molar-refractivity contribution in [3.8, 4) is 11.1 Å². The van der Waals surface area contributed by atoms with Gasteiger partial charge < -0.3 is 14.1 Å². The van der Waals surface area contributed by atoms with E-state index < -0.39 is 11.8 Å². The lowest BCUT2D eigenvalue weighted by Crippen LogP contribution is -2.06. The van der Waals surface area contributed by atoms with Crippen LogP contribution in [0.5, 0.6) is 0 Å². The number of furan rings is 1. The number of esters is 1. The first-order valence-corrected chi connectivity index (χ1v) is 6.51. The Kier molecular flexibility index (Phi) is 3.29. The zero-order chi connectivity index (χ0) is 15.9. The third-order valence-corrected chi connectivity index (χ3v) is 3.46. The van der Waals surface area contributed by atoms with Crippen LogP contribution in [0.4, 0.5) is 4.39 Å². The van der Waals surface area contributed by atoms with Gasteiger partial charge in [-0.05, 0) is 36.6 Å². The maximum Gasteiger partial charge on any atom is 0.373 e. The normalized spacial score (nSPS) is 10.9. The SMILES string of the molecule is COC(=O)c1cc(-c2c[nH]c(=O)c3ccc(F)cc23)c(C)o1. The Bertz CT molecular complexity index is 939. The molecule has 3 aromatic rings. The minimum absolute atomic E-state index is 0.0470. The van der Waals surface area contributed by atoms with Crippen LogP contribution in [0.1, 0.15) is 16.3 Å². The summed E-state index contributed by atoms with van der Waals surface area (Å²) in [5.41, 5.74) is 0.853. The van der Waals surface area contributed by atoms with E-state index in [4.69, 9.17) is 4.42 Å². The van der Waals surface area contributed by atoms with Gasteiger partial charge in [-0.2, -0.15) is 0 Å². The van der Waals surface area contributed by atoms with Crippen molar-refractivity contribution < 1.29 is 18.3 Å². The van der Waals surface area contributed by atoms with Gasteiger partial charge in [-0.3, -0.25) is 4.79 Å². The number of rotatable bonds is 2. The van der Waals surface area contributed by atoms with E-state index in [0.29, 0.717) is 27.7 Å². The van der Waals surface area contributed by atoms with Crippen molar-refractivity contribution in [1.82, 2.24) is 4.98 Å². The highest BCUT2D eigenvalue weighted by atomic mass is 19.1. The zero-order valence-electron chi connectivity index (χ0n) is 11.9. The molecule has 0 aliphatic heterocycles. The number of nitrogens with one attached hydrogen (secondary N) is 1. The number of methoxy groups -OCH3 is 1. The number of hydrogen-bond acceptors (Lipinski definition) is 4. The second-order valence-corrected chi connectivity index (χ2v) is 4.79. The summed E-state index contributed by atoms with van der Waals surface area (Å²) in [6.07, 6.45) is 1.48. The highest BCUT2D eigenvalue weighted by Gasteiger charge is 2.18. The average molecular weight is 301 g/mol. The molecule has 0 spiro atoms. The number of aromatic amines is 1. The van der Waals surface area contributed by atoms with E-state index in [-0.39, 0.29) is 11.3 Å². The number of carbonyl (C=O) groups is 1. The number of halogens is 1. The Labute approximate surface area is 124 Å². The molecule has 0 saturated carbocycles. The van der Waals surface area contributed by atoms with Crippen LogP contribution in [0.2, 0.25) is 0 Å². The van der Waals surface area contributed by atoms with Gasteiger partial charge in [0.25, 0.3) is 5.56 Å². The van der Waals surface area contributed by atoms with Gasteiger partial charge in [0, 0.05) is 22.7 Å². The number of pyridine rings is 1. The van der Waals surface area contributed by atoms with E-state index in [1.54, 1.807) is 6.92 Å². The van der Waals surface area contributed by atoms with E-state index >= 15 is 0 Å². The van der Waals surface area contributed by atoms with Crippen LogP contribution in [-0.2, 0) is 4.74 Å². The first kappa shape index (κ1) is 14.1. The number of aromatic nitrogens is 1. The molecule has 22 heavy (non-hydrogen) atoms. The molecule has 1 aromatic carbocycles. The number of fused-ring (bicyclic) bond motifs is 1. The molecule has 0 bridgehead atoms. The molecular formula is C16H12FNO4. The van der Waals surface area contributed by atoms with E-state index in [1.807, 2.05) is 0 Å². The molecule has 0 fully saturated rings. The number of ether oxygens (including phenoxy) is 1. The van der Waals surface area contributed by atoms with Gasteiger partial charge in [0.05, 0.1) is 7.11 Å². The molecule has 3 rings (SSSR count). The Balaban J connectivity index is 2.29. The summed E-state index contributed by atoms with van der Waals surface area (Å²) in [5, 5.41) is 0.809. The van der Waals surface area contributed by atoms with E-state index in [2.05, 4.69) is 9.72 Å². The third kappa shape index (κ3) is 2.18. The fraction of sp³-hybridized carbons (Fsp3) is 0.125. The number of H-pyrrole nitrogens is 1. The van der Waals surface area contributed by atoms with Crippen molar-refractivity contribution >= 4 is 16.7 Å². The summed E-state index contributed by atoms with van der Waals surface area (Å²) in [5.74, 6) is -0.535. The summed E-state index contributed by atoms with van der Waals surface area (Å²) in [6.45, 7) is 1.68. The van der Waals surface area contributed by atoms with Crippen LogP contribution >= 0.6 is 0 Å². The highest BCUT2D eigenvalue weighted by Crippen LogP contribution is 2.31. The van der Waals surface area contributed by atoms with Gasteiger partial charge in [0.2, 0.25) is 5.76 Å². The van der Waals surface area contributed by atoms with Crippen LogP contribution in [-0.4, -0.2) is 18.1 Å². The molecule has 112 valence electrons. The van der Waals surface area contributed by atoms with Crippen molar-refractivity contribution in [1.29, 1.82) is 0 Å². The average Bonchev–Trinajstić information content (AvgIpc) is 2.88. The zero-order valence-corrected chi connectivity index (χ0v) is 11.9. The fourth-order valence-corrected chi connectivity index (χ4v) is 2.40. The second-order valence-electron chi connectivity index (χ2n) is 4.79. The lowest BCUT2D eigenvalue weighted by molar-refractivity contribution is 0.0563. The third-order valence-electron chi connectivity index (χ3n) is 3.46. The lowest BCUT2D eigenvalue weighted by Gasteiger charge is -2.05. The summed E-state index contributed by atoms with van der Waals surface area (Å²) in [4.78, 5) is 26.0. The molecule has 0 aliphatic carbocycles. The Morgan fingerprint density at radius 2 is 2.00 bits per heavy atom. The minimum Gasteiger partial charge on any atom is -0.463 e. The molecule has 0 unspecified atom stereocenters. The molecule has 0 saturated heterocycles. The van der Waals surface area contributed by atoms with Crippen LogP contribution in [0, 0.1) is 12.7 Å². The molecule has 0 atom stereocenters. The summed E-state index contributed by atoms with van der Waals surface area (Å²) in [7, 11) is 1.25. The molecular weight excluding hydrogens is 289 g/mol. The minimum atomic E-state index is -0.603. The number of hydrogen-bond donors (Lipinski definition) is 1. The van der Waals surface area contributed by atoms with Crippen LogP contribution in [0.25, 0.3) is 21.9 Å². The van der Waals surface area contributed by atoms with Gasteiger partial charge in [-0.1, -0.05) is 0 Å². The summed E-state index contributed by atoms with van der Waals surface area (Å²) in [6, 6.07) is 5.44. The van der Waals surface area contributed by atoms with Gasteiger partial charge in [-0.15, -0.1) is 0 Å². The van der Waals surface area contributed by atoms with Crippen molar-refractivity contribution in [2.24, 2.45) is 0 Å². The predicted molar refractivity (Wildman–Crippen MR) is 78.3 cm³/mol. The number of benzene rings is 1. The molecule has 6 heteroatoms.